The fraction of sp³-hybridized carbons (Fsp3) is 0.954. The van der Waals surface area contributed by atoms with Crippen LogP contribution < -0.4 is 0 Å². The van der Waals surface area contributed by atoms with Crippen molar-refractivity contribution in [1.29, 1.82) is 0 Å². The summed E-state index contributed by atoms with van der Waals surface area (Å²) in [7, 11) is -9.93. The van der Waals surface area contributed by atoms with Crippen LogP contribution in [0.4, 0.5) is 0 Å². The predicted octanol–water partition coefficient (Wildman–Crippen LogP) is 26.6. The maximum absolute atomic E-state index is 13.2. The highest BCUT2D eigenvalue weighted by Gasteiger charge is 2.30. The number of hydrogen-bond donors (Lipinski definition) is 3. The van der Waals surface area contributed by atoms with Gasteiger partial charge in [-0.1, -0.05) is 414 Å². The van der Waals surface area contributed by atoms with Crippen molar-refractivity contribution in [3.05, 3.63) is 0 Å². The summed E-state index contributed by atoms with van der Waals surface area (Å²) in [6.45, 7) is 9.67. The minimum absolute atomic E-state index is 0.108. The molecule has 0 bridgehead atoms. The van der Waals surface area contributed by atoms with Crippen LogP contribution in [0.1, 0.15) is 465 Å². The number of carbonyl (C=O) groups is 4. The molecule has 0 saturated heterocycles. The first kappa shape index (κ1) is 104. The number of hydrogen-bond acceptors (Lipinski definition) is 15. The van der Waals surface area contributed by atoms with E-state index >= 15 is 0 Å². The molecule has 0 radical (unpaired) electrons. The number of rotatable bonds is 86. The molecule has 0 fully saturated rings. The number of aliphatic hydroxyl groups is 1. The van der Waals surface area contributed by atoms with Crippen molar-refractivity contribution in [3.8, 4) is 0 Å². The van der Waals surface area contributed by atoms with E-state index in [9.17, 15) is 43.2 Å². The lowest BCUT2D eigenvalue weighted by molar-refractivity contribution is -0.161. The van der Waals surface area contributed by atoms with E-state index in [-0.39, 0.29) is 25.7 Å². The second-order valence-electron chi connectivity index (χ2n) is 32.2. The molecule has 0 amide bonds. The Morgan fingerprint density at radius 1 is 0.255 bits per heavy atom. The van der Waals surface area contributed by atoms with Gasteiger partial charge in [0.15, 0.2) is 12.2 Å². The summed E-state index contributed by atoms with van der Waals surface area (Å²) in [5.41, 5.74) is 0. The number of esters is 4. The molecule has 0 spiro atoms. The summed E-state index contributed by atoms with van der Waals surface area (Å²) in [4.78, 5) is 73.3. The van der Waals surface area contributed by atoms with E-state index in [1.54, 1.807) is 0 Å². The molecule has 106 heavy (non-hydrogen) atoms. The van der Waals surface area contributed by atoms with E-state index < -0.39 is 97.5 Å². The van der Waals surface area contributed by atoms with Crippen molar-refractivity contribution < 1.29 is 80.2 Å². The minimum atomic E-state index is -4.97. The van der Waals surface area contributed by atoms with Crippen LogP contribution in [0.3, 0.4) is 0 Å². The number of carbonyl (C=O) groups excluding carboxylic acids is 4. The third-order valence-corrected chi connectivity index (χ3v) is 22.4. The van der Waals surface area contributed by atoms with Gasteiger partial charge in [-0.15, -0.1) is 0 Å². The molecule has 0 aromatic rings. The van der Waals surface area contributed by atoms with Crippen molar-refractivity contribution in [2.24, 2.45) is 11.8 Å². The summed E-state index contributed by atoms with van der Waals surface area (Å²) >= 11 is 0. The molecule has 0 aromatic heterocycles. The number of ether oxygens (including phenoxy) is 4. The number of phosphoric ester groups is 2. The van der Waals surface area contributed by atoms with Gasteiger partial charge in [0, 0.05) is 25.7 Å². The number of phosphoric acid groups is 2. The van der Waals surface area contributed by atoms with Crippen LogP contribution in [-0.4, -0.2) is 96.7 Å². The molecule has 0 saturated carbocycles. The predicted molar refractivity (Wildman–Crippen MR) is 437 cm³/mol. The average Bonchev–Trinajstić information content (AvgIpc) is 0.905. The second kappa shape index (κ2) is 78.3. The first-order valence-corrected chi connectivity index (χ1v) is 48.0. The standard InChI is InChI=1S/C87H170O17P2/c1-7-9-11-13-15-17-19-21-23-25-26-27-28-30-32-38-42-46-54-60-66-71-86(91)103-82(75-97-84(89)69-63-57-51-44-40-36-34-33-35-39-43-49-55-61-67-79(3)4)77-101-105(93,94)99-73-81(88)74-100-106(95,96)102-78-83(76-98-85(90)70-64-58-52-48-47-50-56-62-68-80(5)6)104-87(92)72-65-59-53-45-41-37-31-29-24-22-20-18-16-14-12-10-8-2/h79-83,88H,7-78H2,1-6H3,(H,93,94)(H,95,96)/t81-,82-,83-/m1/s1. The van der Waals surface area contributed by atoms with Gasteiger partial charge in [-0.3, -0.25) is 37.3 Å². The van der Waals surface area contributed by atoms with E-state index in [0.717, 1.165) is 102 Å². The Bertz CT molecular complexity index is 2030. The molecule has 0 heterocycles. The molecular weight excluding hydrogens is 1380 g/mol. The highest BCUT2D eigenvalue weighted by molar-refractivity contribution is 7.47. The molecule has 0 aliphatic heterocycles. The van der Waals surface area contributed by atoms with Crippen LogP contribution in [0.25, 0.3) is 0 Å². The van der Waals surface area contributed by atoms with Gasteiger partial charge in [-0.2, -0.15) is 0 Å². The van der Waals surface area contributed by atoms with Crippen molar-refractivity contribution in [2.75, 3.05) is 39.6 Å². The SMILES string of the molecule is CCCCCCCCCCCCCCCCCCCCCCCC(=O)O[C@H](COC(=O)CCCCCCCCCCCCCCCCC(C)C)COP(=O)(O)OC[C@@H](O)COP(=O)(O)OC[C@@H](COC(=O)CCCCCCCCCCC(C)C)OC(=O)CCCCCCCCCCCCCCCCCCC. The largest absolute Gasteiger partial charge is 0.472 e. The van der Waals surface area contributed by atoms with E-state index in [1.807, 2.05) is 0 Å². The Kier molecular flexibility index (Phi) is 76.9. The van der Waals surface area contributed by atoms with E-state index in [4.69, 9.17) is 37.0 Å². The van der Waals surface area contributed by atoms with Crippen LogP contribution in [0.2, 0.25) is 0 Å². The molecule has 0 aliphatic carbocycles. The Labute approximate surface area is 651 Å². The monoisotopic (exact) mass is 1550 g/mol. The van der Waals surface area contributed by atoms with E-state index in [0.29, 0.717) is 25.7 Å². The summed E-state index contributed by atoms with van der Waals surface area (Å²) < 4.78 is 68.9. The van der Waals surface area contributed by atoms with Gasteiger partial charge in [0.25, 0.3) is 0 Å². The zero-order valence-corrected chi connectivity index (χ0v) is 71.5. The minimum Gasteiger partial charge on any atom is -0.462 e. The van der Waals surface area contributed by atoms with E-state index in [1.165, 1.54) is 283 Å². The molecule has 5 atom stereocenters. The first-order chi connectivity index (χ1) is 51.4. The van der Waals surface area contributed by atoms with Gasteiger partial charge < -0.3 is 33.8 Å². The van der Waals surface area contributed by atoms with Gasteiger partial charge in [0.1, 0.15) is 19.3 Å². The molecule has 2 unspecified atom stereocenters. The normalized spacial score (nSPS) is 13.8. The second-order valence-corrected chi connectivity index (χ2v) is 35.1. The highest BCUT2D eigenvalue weighted by atomic mass is 31.2. The van der Waals surface area contributed by atoms with Crippen molar-refractivity contribution in [3.63, 3.8) is 0 Å². The van der Waals surface area contributed by atoms with Crippen LogP contribution in [0.5, 0.6) is 0 Å². The van der Waals surface area contributed by atoms with Gasteiger partial charge in [0.2, 0.25) is 0 Å². The molecule has 3 N–H and O–H groups in total. The zero-order valence-electron chi connectivity index (χ0n) is 69.7. The third kappa shape index (κ3) is 80.1. The molecule has 630 valence electrons. The summed E-state index contributed by atoms with van der Waals surface area (Å²) in [5.74, 6) is -0.576. The fourth-order valence-electron chi connectivity index (χ4n) is 13.6. The Morgan fingerprint density at radius 3 is 0.642 bits per heavy atom. The lowest BCUT2D eigenvalue weighted by atomic mass is 10.0. The Morgan fingerprint density at radius 2 is 0.434 bits per heavy atom. The number of aliphatic hydroxyl groups excluding tert-OH is 1. The molecule has 0 aromatic carbocycles. The maximum atomic E-state index is 13.2. The lowest BCUT2D eigenvalue weighted by Crippen LogP contribution is -2.30. The van der Waals surface area contributed by atoms with Crippen molar-refractivity contribution in [2.45, 2.75) is 484 Å². The van der Waals surface area contributed by atoms with Gasteiger partial charge in [-0.05, 0) is 37.5 Å². The van der Waals surface area contributed by atoms with Gasteiger partial charge >= 0.3 is 39.5 Å². The summed E-state index contributed by atoms with van der Waals surface area (Å²) in [5, 5.41) is 10.7. The lowest BCUT2D eigenvalue weighted by Gasteiger charge is -2.21. The zero-order chi connectivity index (χ0) is 77.8. The molecule has 19 heteroatoms. The molecule has 0 rings (SSSR count). The van der Waals surface area contributed by atoms with Crippen molar-refractivity contribution in [1.82, 2.24) is 0 Å². The third-order valence-electron chi connectivity index (χ3n) is 20.5. The van der Waals surface area contributed by atoms with E-state index in [2.05, 4.69) is 41.5 Å². The van der Waals surface area contributed by atoms with Crippen LogP contribution in [-0.2, 0) is 65.4 Å². The average molecular weight is 1550 g/mol. The maximum Gasteiger partial charge on any atom is 0.472 e. The summed E-state index contributed by atoms with van der Waals surface area (Å²) in [6.07, 6.45) is 70.9. The Balaban J connectivity index is 5.24. The van der Waals surface area contributed by atoms with Gasteiger partial charge in [0.05, 0.1) is 26.4 Å². The number of unbranched alkanes of at least 4 members (excludes halogenated alkanes) is 56. The quantitative estimate of drug-likeness (QED) is 0.0222. The smallest absolute Gasteiger partial charge is 0.462 e. The van der Waals surface area contributed by atoms with Crippen LogP contribution in [0, 0.1) is 11.8 Å². The fourth-order valence-corrected chi connectivity index (χ4v) is 15.2. The molecular formula is C87H170O17P2. The molecule has 0 aliphatic rings. The highest BCUT2D eigenvalue weighted by Crippen LogP contribution is 2.45. The van der Waals surface area contributed by atoms with Gasteiger partial charge in [-0.25, -0.2) is 9.13 Å². The first-order valence-electron chi connectivity index (χ1n) is 45.0. The van der Waals surface area contributed by atoms with Crippen LogP contribution >= 0.6 is 15.6 Å². The summed E-state index contributed by atoms with van der Waals surface area (Å²) in [6, 6.07) is 0. The van der Waals surface area contributed by atoms with Crippen molar-refractivity contribution >= 4 is 39.5 Å². The topological polar surface area (TPSA) is 237 Å². The Hall–Kier alpha value is -1.94. The molecule has 17 nitrogen and oxygen atoms in total. The van der Waals surface area contributed by atoms with Crippen LogP contribution in [0.15, 0.2) is 0 Å².